The van der Waals surface area contributed by atoms with Gasteiger partial charge in [0.2, 0.25) is 0 Å². The molecule has 1 N–H and O–H groups in total. The Morgan fingerprint density at radius 3 is 2.42 bits per heavy atom. The summed E-state index contributed by atoms with van der Waals surface area (Å²) in [5.74, 6) is 0. The Balaban J connectivity index is 2.98. The molecule has 0 fully saturated rings. The van der Waals surface area contributed by atoms with E-state index in [9.17, 15) is 8.42 Å². The molecular weight excluding hydrogens is 195 g/mol. The van der Waals surface area contributed by atoms with E-state index in [1.165, 1.54) is 0 Å². The van der Waals surface area contributed by atoms with Gasteiger partial charge in [-0.15, -0.1) is 0 Å². The van der Waals surface area contributed by atoms with Gasteiger partial charge in [0, 0.05) is 5.30 Å². The minimum Gasteiger partial charge on any atom is -0.282 e. The largest absolute Gasteiger partial charge is 0.290 e. The summed E-state index contributed by atoms with van der Waals surface area (Å²) in [5.41, 5.74) is 0.858. The predicted molar refractivity (Wildman–Crippen MR) is 49.3 cm³/mol. The van der Waals surface area contributed by atoms with E-state index in [-0.39, 0.29) is 7.78 Å². The SMILES string of the molecule is Cc1ccccc1[P]S(=O)(=O)O. The van der Waals surface area contributed by atoms with Gasteiger partial charge in [0.05, 0.1) is 0 Å². The van der Waals surface area contributed by atoms with Crippen molar-refractivity contribution < 1.29 is 13.0 Å². The molecule has 3 nitrogen and oxygen atoms in total. The molecule has 0 aromatic heterocycles. The van der Waals surface area contributed by atoms with Crippen LogP contribution in [-0.4, -0.2) is 13.0 Å². The maximum atomic E-state index is 10.5. The molecule has 1 rings (SSSR count). The number of aryl methyl sites for hydroxylation is 1. The molecule has 0 saturated carbocycles. The summed E-state index contributed by atoms with van der Waals surface area (Å²) in [7, 11) is -3.98. The Bertz CT molecular complexity index is 372. The highest BCUT2D eigenvalue weighted by Crippen LogP contribution is 2.19. The molecule has 1 aromatic carbocycles. The van der Waals surface area contributed by atoms with Crippen LogP contribution in [0, 0.1) is 6.92 Å². The highest BCUT2D eigenvalue weighted by Gasteiger charge is 2.09. The van der Waals surface area contributed by atoms with Crippen LogP contribution in [0.15, 0.2) is 24.3 Å². The fraction of sp³-hybridized carbons (Fsp3) is 0.143. The summed E-state index contributed by atoms with van der Waals surface area (Å²) in [6.45, 7) is 1.80. The first-order chi connectivity index (χ1) is 5.49. The first kappa shape index (κ1) is 9.65. The molecular formula is C7H8O3PS. The molecule has 5 heteroatoms. The zero-order chi connectivity index (χ0) is 9.19. The van der Waals surface area contributed by atoms with E-state index in [1.54, 1.807) is 25.1 Å². The Morgan fingerprint density at radius 2 is 1.92 bits per heavy atom. The van der Waals surface area contributed by atoms with Crippen molar-refractivity contribution in [1.29, 1.82) is 0 Å². The lowest BCUT2D eigenvalue weighted by Crippen LogP contribution is -2.03. The van der Waals surface area contributed by atoms with E-state index in [2.05, 4.69) is 0 Å². The molecule has 1 radical (unpaired) electrons. The summed E-state index contributed by atoms with van der Waals surface area (Å²) in [6.07, 6.45) is 0. The lowest BCUT2D eigenvalue weighted by atomic mass is 10.2. The van der Waals surface area contributed by atoms with Gasteiger partial charge < -0.3 is 0 Å². The lowest BCUT2D eigenvalue weighted by Gasteiger charge is -1.99. The van der Waals surface area contributed by atoms with Crippen LogP contribution in [0.4, 0.5) is 0 Å². The van der Waals surface area contributed by atoms with Gasteiger partial charge in [0.25, 0.3) is 9.74 Å². The molecule has 0 bridgehead atoms. The normalized spacial score (nSPS) is 12.5. The van der Waals surface area contributed by atoms with Gasteiger partial charge >= 0.3 is 0 Å². The van der Waals surface area contributed by atoms with E-state index in [4.69, 9.17) is 4.55 Å². The quantitative estimate of drug-likeness (QED) is 0.583. The molecule has 0 heterocycles. The summed E-state index contributed by atoms with van der Waals surface area (Å²) < 4.78 is 29.5. The van der Waals surface area contributed by atoms with Crippen LogP contribution < -0.4 is 5.30 Å². The van der Waals surface area contributed by atoms with E-state index in [0.717, 1.165) is 5.56 Å². The molecule has 0 saturated heterocycles. The second-order valence-corrected chi connectivity index (χ2v) is 5.82. The second-order valence-electron chi connectivity index (χ2n) is 2.33. The van der Waals surface area contributed by atoms with Gasteiger partial charge in [0.1, 0.15) is 7.78 Å². The number of hydrogen-bond acceptors (Lipinski definition) is 2. The van der Waals surface area contributed by atoms with E-state index in [0.29, 0.717) is 5.30 Å². The molecule has 12 heavy (non-hydrogen) atoms. The van der Waals surface area contributed by atoms with Crippen LogP contribution in [0.2, 0.25) is 0 Å². The molecule has 0 atom stereocenters. The van der Waals surface area contributed by atoms with Crippen molar-refractivity contribution in [2.24, 2.45) is 0 Å². The van der Waals surface area contributed by atoms with Crippen molar-refractivity contribution in [2.45, 2.75) is 6.92 Å². The van der Waals surface area contributed by atoms with Crippen LogP contribution in [0.1, 0.15) is 5.56 Å². The molecule has 0 aliphatic heterocycles. The van der Waals surface area contributed by atoms with Crippen molar-refractivity contribution in [3.05, 3.63) is 29.8 Å². The molecule has 0 unspecified atom stereocenters. The molecule has 0 aliphatic rings. The summed E-state index contributed by atoms with van der Waals surface area (Å²) in [6, 6.07) is 7.02. The highest BCUT2D eigenvalue weighted by atomic mass is 32.8. The average Bonchev–Trinajstić information content (AvgIpc) is 1.91. The number of rotatable bonds is 2. The Hall–Kier alpha value is -0.440. The minimum absolute atomic E-state index is 0.0522. The summed E-state index contributed by atoms with van der Waals surface area (Å²) in [5, 5.41) is 0.611. The van der Waals surface area contributed by atoms with Gasteiger partial charge in [-0.3, -0.25) is 4.55 Å². The van der Waals surface area contributed by atoms with Crippen molar-refractivity contribution in [2.75, 3.05) is 0 Å². The lowest BCUT2D eigenvalue weighted by molar-refractivity contribution is 0.502. The Labute approximate surface area is 73.1 Å². The van der Waals surface area contributed by atoms with Gasteiger partial charge in [-0.25, -0.2) is 0 Å². The molecule has 0 aliphatic carbocycles. The molecule has 0 spiro atoms. The minimum atomic E-state index is -3.93. The third kappa shape index (κ3) is 2.89. The first-order valence-electron chi connectivity index (χ1n) is 3.25. The van der Waals surface area contributed by atoms with E-state index in [1.807, 2.05) is 6.07 Å². The number of benzene rings is 1. The maximum absolute atomic E-state index is 10.5. The van der Waals surface area contributed by atoms with Gasteiger partial charge in [-0.05, 0) is 12.5 Å². The molecule has 65 valence electrons. The van der Waals surface area contributed by atoms with Crippen LogP contribution in [-0.2, 0) is 9.74 Å². The van der Waals surface area contributed by atoms with Crippen LogP contribution in [0.25, 0.3) is 0 Å². The second kappa shape index (κ2) is 3.52. The monoisotopic (exact) mass is 203 g/mol. The molecule has 1 aromatic rings. The summed E-state index contributed by atoms with van der Waals surface area (Å²) in [4.78, 5) is 0. The van der Waals surface area contributed by atoms with Gasteiger partial charge in [-0.1, -0.05) is 24.3 Å². The highest BCUT2D eigenvalue weighted by molar-refractivity contribution is 8.42. The third-order valence-corrected chi connectivity index (χ3v) is 3.54. The van der Waals surface area contributed by atoms with E-state index >= 15 is 0 Å². The average molecular weight is 203 g/mol. The van der Waals surface area contributed by atoms with Crippen LogP contribution in [0.3, 0.4) is 0 Å². The Morgan fingerprint density at radius 1 is 1.33 bits per heavy atom. The van der Waals surface area contributed by atoms with E-state index < -0.39 is 9.74 Å². The van der Waals surface area contributed by atoms with Crippen molar-refractivity contribution in [3.8, 4) is 0 Å². The predicted octanol–water partition coefficient (Wildman–Crippen LogP) is 1.37. The first-order valence-corrected chi connectivity index (χ1v) is 6.19. The van der Waals surface area contributed by atoms with Crippen molar-refractivity contribution >= 4 is 22.8 Å². The van der Waals surface area contributed by atoms with Crippen LogP contribution in [0.5, 0.6) is 0 Å². The smallest absolute Gasteiger partial charge is 0.282 e. The van der Waals surface area contributed by atoms with Crippen molar-refractivity contribution in [1.82, 2.24) is 0 Å². The van der Waals surface area contributed by atoms with Gasteiger partial charge in [0.15, 0.2) is 0 Å². The fourth-order valence-corrected chi connectivity index (χ4v) is 2.76. The number of hydrogen-bond donors (Lipinski definition) is 1. The third-order valence-electron chi connectivity index (χ3n) is 1.33. The maximum Gasteiger partial charge on any atom is 0.290 e. The standard InChI is InChI=1S/C7H8O3PS/c1-6-4-2-3-5-7(6)11-12(8,9)10/h2-5H,1H3,(H,8,9,10). The fourth-order valence-electron chi connectivity index (χ4n) is 0.790. The topological polar surface area (TPSA) is 54.4 Å². The zero-order valence-electron chi connectivity index (χ0n) is 6.43. The van der Waals surface area contributed by atoms with Crippen molar-refractivity contribution in [3.63, 3.8) is 0 Å². The zero-order valence-corrected chi connectivity index (χ0v) is 8.14. The summed E-state index contributed by atoms with van der Waals surface area (Å²) >= 11 is 0. The molecule has 0 amide bonds. The van der Waals surface area contributed by atoms with Gasteiger partial charge in [-0.2, -0.15) is 8.42 Å². The Kier molecular flexibility index (Phi) is 2.83. The van der Waals surface area contributed by atoms with Crippen LogP contribution >= 0.6 is 7.78 Å².